The highest BCUT2D eigenvalue weighted by atomic mass is 16.5. The summed E-state index contributed by atoms with van der Waals surface area (Å²) >= 11 is 0. The van der Waals surface area contributed by atoms with Crippen molar-refractivity contribution in [2.75, 3.05) is 20.2 Å². The van der Waals surface area contributed by atoms with E-state index in [9.17, 15) is 5.11 Å². The fourth-order valence-corrected chi connectivity index (χ4v) is 1.93. The van der Waals surface area contributed by atoms with Crippen molar-refractivity contribution in [1.82, 2.24) is 14.9 Å². The van der Waals surface area contributed by atoms with Crippen molar-refractivity contribution < 1.29 is 9.84 Å². The van der Waals surface area contributed by atoms with E-state index in [4.69, 9.17) is 4.74 Å². The van der Waals surface area contributed by atoms with Gasteiger partial charge in [-0.15, -0.1) is 0 Å². The average molecular weight is 265 g/mol. The molecule has 0 spiro atoms. The van der Waals surface area contributed by atoms with Crippen LogP contribution in [0.15, 0.2) is 6.20 Å². The van der Waals surface area contributed by atoms with Gasteiger partial charge in [-0.25, -0.2) is 9.97 Å². The van der Waals surface area contributed by atoms with Gasteiger partial charge in [-0.2, -0.15) is 0 Å². The highest BCUT2D eigenvalue weighted by Gasteiger charge is 2.25. The van der Waals surface area contributed by atoms with Crippen LogP contribution < -0.4 is 4.74 Å². The molecule has 5 heteroatoms. The van der Waals surface area contributed by atoms with E-state index in [-0.39, 0.29) is 12.5 Å². The maximum Gasteiger partial charge on any atom is 0.161 e. The summed E-state index contributed by atoms with van der Waals surface area (Å²) in [6.07, 6.45) is 4.26. The number of nitrogens with zero attached hydrogens (tertiary/aromatic N) is 3. The van der Waals surface area contributed by atoms with Gasteiger partial charge >= 0.3 is 0 Å². The molecular formula is C14H23N3O2. The summed E-state index contributed by atoms with van der Waals surface area (Å²) in [6.45, 7) is 5.44. The zero-order valence-corrected chi connectivity index (χ0v) is 12.0. The van der Waals surface area contributed by atoms with E-state index in [0.29, 0.717) is 18.1 Å². The second-order valence-corrected chi connectivity index (χ2v) is 5.41. The molecule has 1 N–H and O–H groups in total. The maximum atomic E-state index is 9.35. The van der Waals surface area contributed by atoms with Crippen LogP contribution in [0.2, 0.25) is 0 Å². The molecule has 0 radical (unpaired) electrons. The van der Waals surface area contributed by atoms with Crippen molar-refractivity contribution >= 4 is 0 Å². The third-order valence-electron chi connectivity index (χ3n) is 3.39. The number of likely N-dealkylation sites (N-methyl/N-ethyl adjacent to an activating group) is 1. The molecule has 0 aliphatic heterocycles. The first kappa shape index (κ1) is 14.2. The average Bonchev–Trinajstić information content (AvgIpc) is 3.22. The minimum atomic E-state index is -0.115. The van der Waals surface area contributed by atoms with Gasteiger partial charge in [-0.1, -0.05) is 13.8 Å². The lowest BCUT2D eigenvalue weighted by Crippen LogP contribution is -2.26. The molecule has 0 amide bonds. The predicted molar refractivity (Wildman–Crippen MR) is 73.2 cm³/mol. The fourth-order valence-electron chi connectivity index (χ4n) is 1.93. The molecule has 19 heavy (non-hydrogen) atoms. The van der Waals surface area contributed by atoms with Crippen molar-refractivity contribution in [2.45, 2.75) is 45.3 Å². The smallest absolute Gasteiger partial charge is 0.161 e. The minimum Gasteiger partial charge on any atom is -0.489 e. The highest BCUT2D eigenvalue weighted by Crippen LogP contribution is 2.25. The maximum absolute atomic E-state index is 9.35. The molecule has 1 heterocycles. The van der Waals surface area contributed by atoms with E-state index in [2.05, 4.69) is 21.9 Å². The number of aliphatic hydroxyl groups is 1. The van der Waals surface area contributed by atoms with Gasteiger partial charge in [-0.3, -0.25) is 0 Å². The molecule has 1 fully saturated rings. The summed E-state index contributed by atoms with van der Waals surface area (Å²) in [6, 6.07) is 0.737. The van der Waals surface area contributed by atoms with Gasteiger partial charge in [0.25, 0.3) is 0 Å². The van der Waals surface area contributed by atoms with Crippen LogP contribution in [0.1, 0.15) is 44.1 Å². The Hall–Kier alpha value is -1.20. The van der Waals surface area contributed by atoms with Crippen LogP contribution in [0.5, 0.6) is 5.75 Å². The highest BCUT2D eigenvalue weighted by molar-refractivity contribution is 5.24. The van der Waals surface area contributed by atoms with Crippen molar-refractivity contribution in [3.8, 4) is 5.75 Å². The molecule has 106 valence electrons. The zero-order valence-electron chi connectivity index (χ0n) is 12.0. The molecule has 5 nitrogen and oxygen atoms in total. The Kier molecular flexibility index (Phi) is 4.71. The second-order valence-electron chi connectivity index (χ2n) is 5.41. The Morgan fingerprint density at radius 2 is 2.21 bits per heavy atom. The first-order chi connectivity index (χ1) is 9.11. The quantitative estimate of drug-likeness (QED) is 0.811. The van der Waals surface area contributed by atoms with Gasteiger partial charge in [0.2, 0.25) is 0 Å². The number of aliphatic hydroxyl groups excluding tert-OH is 1. The zero-order chi connectivity index (χ0) is 13.8. The van der Waals surface area contributed by atoms with Crippen molar-refractivity contribution in [1.29, 1.82) is 0 Å². The first-order valence-electron chi connectivity index (χ1n) is 6.91. The summed E-state index contributed by atoms with van der Waals surface area (Å²) in [5.74, 6) is 1.59. The van der Waals surface area contributed by atoms with Crippen LogP contribution in [0.4, 0.5) is 0 Å². The van der Waals surface area contributed by atoms with Crippen LogP contribution in [-0.2, 0) is 6.61 Å². The molecule has 1 saturated carbocycles. The van der Waals surface area contributed by atoms with Crippen LogP contribution >= 0.6 is 0 Å². The first-order valence-corrected chi connectivity index (χ1v) is 6.91. The number of rotatable bonds is 7. The van der Waals surface area contributed by atoms with E-state index in [1.54, 1.807) is 6.20 Å². The number of hydrogen-bond donors (Lipinski definition) is 1. The Balaban J connectivity index is 1.91. The van der Waals surface area contributed by atoms with Crippen LogP contribution in [-0.4, -0.2) is 46.2 Å². The third kappa shape index (κ3) is 3.88. The van der Waals surface area contributed by atoms with E-state index < -0.39 is 0 Å². The van der Waals surface area contributed by atoms with E-state index in [0.717, 1.165) is 18.4 Å². The third-order valence-corrected chi connectivity index (χ3v) is 3.39. The summed E-state index contributed by atoms with van der Waals surface area (Å²) < 4.78 is 5.68. The summed E-state index contributed by atoms with van der Waals surface area (Å²) in [4.78, 5) is 10.9. The fraction of sp³-hybridized carbons (Fsp3) is 0.714. The lowest BCUT2D eigenvalue weighted by atomic mass is 10.2. The van der Waals surface area contributed by atoms with E-state index in [1.165, 1.54) is 12.8 Å². The van der Waals surface area contributed by atoms with Crippen molar-refractivity contribution in [3.63, 3.8) is 0 Å². The Morgan fingerprint density at radius 1 is 1.47 bits per heavy atom. The molecule has 1 aromatic heterocycles. The number of hydrogen-bond acceptors (Lipinski definition) is 5. The molecule has 0 aromatic carbocycles. The topological polar surface area (TPSA) is 58.5 Å². The minimum absolute atomic E-state index is 0.115. The lowest BCUT2D eigenvalue weighted by molar-refractivity contribution is 0.219. The van der Waals surface area contributed by atoms with Gasteiger partial charge < -0.3 is 14.7 Å². The van der Waals surface area contributed by atoms with Crippen molar-refractivity contribution in [2.24, 2.45) is 0 Å². The molecular weight excluding hydrogens is 242 g/mol. The van der Waals surface area contributed by atoms with Gasteiger partial charge in [0, 0.05) is 18.5 Å². The van der Waals surface area contributed by atoms with Crippen LogP contribution in [0, 0.1) is 0 Å². The van der Waals surface area contributed by atoms with Crippen LogP contribution in [0.3, 0.4) is 0 Å². The van der Waals surface area contributed by atoms with E-state index >= 15 is 0 Å². The van der Waals surface area contributed by atoms with Gasteiger partial charge in [0.15, 0.2) is 5.75 Å². The van der Waals surface area contributed by atoms with Gasteiger partial charge in [-0.05, 0) is 19.9 Å². The van der Waals surface area contributed by atoms with Crippen molar-refractivity contribution in [3.05, 3.63) is 17.7 Å². The standard InChI is InChI=1S/C14H23N3O2/c1-10(2)14-15-8-13(12(9-18)16-14)19-7-6-17(3)11-4-5-11/h8,10-11,18H,4-7,9H2,1-3H3. The lowest BCUT2D eigenvalue weighted by Gasteiger charge is -2.17. The molecule has 0 saturated heterocycles. The molecule has 1 aromatic rings. The predicted octanol–water partition coefficient (Wildman–Crippen LogP) is 1.57. The molecule has 1 aliphatic carbocycles. The largest absolute Gasteiger partial charge is 0.489 e. The SMILES string of the molecule is CC(C)c1ncc(OCCN(C)C2CC2)c(CO)n1. The van der Waals surface area contributed by atoms with Crippen LogP contribution in [0.25, 0.3) is 0 Å². The monoisotopic (exact) mass is 265 g/mol. The molecule has 0 unspecified atom stereocenters. The molecule has 2 rings (SSSR count). The molecule has 0 atom stereocenters. The normalized spacial score (nSPS) is 15.3. The molecule has 1 aliphatic rings. The molecule has 0 bridgehead atoms. The van der Waals surface area contributed by atoms with Gasteiger partial charge in [0.05, 0.1) is 12.8 Å². The number of aromatic nitrogens is 2. The summed E-state index contributed by atoms with van der Waals surface area (Å²) in [7, 11) is 2.12. The second kappa shape index (κ2) is 6.30. The summed E-state index contributed by atoms with van der Waals surface area (Å²) in [5.41, 5.74) is 0.577. The Bertz CT molecular complexity index is 419. The van der Waals surface area contributed by atoms with E-state index in [1.807, 2.05) is 13.8 Å². The Labute approximate surface area is 114 Å². The Morgan fingerprint density at radius 3 is 2.79 bits per heavy atom. The number of ether oxygens (including phenoxy) is 1. The van der Waals surface area contributed by atoms with Gasteiger partial charge in [0.1, 0.15) is 18.1 Å². The summed E-state index contributed by atoms with van der Waals surface area (Å²) in [5, 5.41) is 9.35.